The molecule has 13 heteroatoms. The van der Waals surface area contributed by atoms with Crippen LogP contribution in [-0.2, 0) is 41.3 Å². The van der Waals surface area contributed by atoms with Gasteiger partial charge in [-0.3, -0.25) is 4.79 Å². The fourth-order valence-corrected chi connectivity index (χ4v) is 13.2. The van der Waals surface area contributed by atoms with E-state index in [1.807, 2.05) is 54.6 Å². The van der Waals surface area contributed by atoms with Gasteiger partial charge >= 0.3 is 18.2 Å². The highest BCUT2D eigenvalue weighted by molar-refractivity contribution is 6.77. The zero-order valence-electron chi connectivity index (χ0n) is 35.1. The van der Waals surface area contributed by atoms with Crippen LogP contribution in [0.5, 0.6) is 5.75 Å². The summed E-state index contributed by atoms with van der Waals surface area (Å²) < 4.78 is 28.7. The van der Waals surface area contributed by atoms with Crippen LogP contribution in [0, 0.1) is 0 Å². The first-order chi connectivity index (χ1) is 26.9. The van der Waals surface area contributed by atoms with Crippen molar-refractivity contribution in [1.82, 2.24) is 10.6 Å². The smallest absolute Gasteiger partial charge is 0.408 e. The summed E-state index contributed by atoms with van der Waals surface area (Å²) in [6.07, 6.45) is 0.452. The SMILES string of the molecule is COC(=O)[C@H](Cc1ccc(OC)c(-c2cccc3c2NC(=O)/C3=C\[C@@H](CO[Si](C(C)C)(C(C)C)C(C)C)NC(=O)OC(C)(C)C)c1)NC(=O)OCc1ccccc1. The molecule has 0 saturated carbocycles. The van der Waals surface area contributed by atoms with Crippen molar-refractivity contribution in [3.8, 4) is 16.9 Å². The molecule has 57 heavy (non-hydrogen) atoms. The van der Waals surface area contributed by atoms with Gasteiger partial charge in [-0.1, -0.05) is 96.1 Å². The standard InChI is InChI=1S/C44H59N3O9Si/c1-27(2)57(28(3)4,29(5)6)55-26-32(45-43(51)56-44(7,8)9)24-36-34-19-15-18-33(39(34)47-40(36)48)35-22-31(20-21-38(35)52-10)23-37(41(49)53-11)46-42(50)54-25-30-16-13-12-14-17-30/h12-22,24,27-29,32,37H,23,25-26H2,1-11H3,(H,45,51)(H,46,50)(H,47,48)/b36-24-/t32-,37-/m0/s1. The molecule has 0 spiro atoms. The fourth-order valence-electron chi connectivity index (χ4n) is 7.70. The number of methoxy groups -OCH3 is 2. The molecule has 3 amide bonds. The van der Waals surface area contributed by atoms with Gasteiger partial charge in [0, 0.05) is 28.7 Å². The summed E-state index contributed by atoms with van der Waals surface area (Å²) in [7, 11) is 0.458. The molecule has 308 valence electrons. The third-order valence-corrected chi connectivity index (χ3v) is 16.2. The van der Waals surface area contributed by atoms with Gasteiger partial charge in [0.05, 0.1) is 32.6 Å². The number of ether oxygens (including phenoxy) is 4. The van der Waals surface area contributed by atoms with Gasteiger partial charge in [-0.15, -0.1) is 0 Å². The number of anilines is 1. The molecule has 12 nitrogen and oxygen atoms in total. The van der Waals surface area contributed by atoms with Crippen molar-refractivity contribution in [1.29, 1.82) is 0 Å². The normalized spacial score (nSPS) is 14.6. The summed E-state index contributed by atoms with van der Waals surface area (Å²) in [4.78, 5) is 52.6. The Morgan fingerprint density at radius 2 is 1.44 bits per heavy atom. The van der Waals surface area contributed by atoms with Crippen LogP contribution >= 0.6 is 0 Å². The second-order valence-corrected chi connectivity index (χ2v) is 21.6. The summed E-state index contributed by atoms with van der Waals surface area (Å²) in [6, 6.07) is 18.5. The topological polar surface area (TPSA) is 151 Å². The molecule has 3 aromatic rings. The molecular formula is C44H59N3O9Si. The van der Waals surface area contributed by atoms with Crippen LogP contribution in [0.15, 0.2) is 72.8 Å². The predicted molar refractivity (Wildman–Crippen MR) is 224 cm³/mol. The first-order valence-corrected chi connectivity index (χ1v) is 21.6. The number of benzene rings is 3. The lowest BCUT2D eigenvalue weighted by atomic mass is 9.94. The lowest BCUT2D eigenvalue weighted by Gasteiger charge is -2.42. The summed E-state index contributed by atoms with van der Waals surface area (Å²) in [6.45, 7) is 18.8. The summed E-state index contributed by atoms with van der Waals surface area (Å²) >= 11 is 0. The van der Waals surface area contributed by atoms with E-state index in [2.05, 4.69) is 57.5 Å². The number of para-hydroxylation sites is 1. The van der Waals surface area contributed by atoms with Gasteiger partial charge < -0.3 is 39.3 Å². The van der Waals surface area contributed by atoms with Crippen molar-refractivity contribution < 1.29 is 42.6 Å². The molecule has 3 N–H and O–H groups in total. The van der Waals surface area contributed by atoms with Crippen molar-refractivity contribution in [2.45, 2.75) is 110 Å². The molecule has 2 atom stereocenters. The van der Waals surface area contributed by atoms with Crippen molar-refractivity contribution in [2.24, 2.45) is 0 Å². The molecule has 0 fully saturated rings. The van der Waals surface area contributed by atoms with Gasteiger partial charge in [0.15, 0.2) is 8.32 Å². The van der Waals surface area contributed by atoms with E-state index in [1.54, 1.807) is 46.1 Å². The second-order valence-electron chi connectivity index (χ2n) is 16.2. The molecule has 1 aliphatic rings. The van der Waals surface area contributed by atoms with Crippen LogP contribution in [-0.4, -0.2) is 70.9 Å². The quantitative estimate of drug-likeness (QED) is 0.0559. The van der Waals surface area contributed by atoms with Crippen molar-refractivity contribution >= 4 is 43.6 Å². The molecule has 0 saturated heterocycles. The summed E-state index contributed by atoms with van der Waals surface area (Å²) in [5.74, 6) is -0.452. The van der Waals surface area contributed by atoms with Crippen LogP contribution in [0.1, 0.15) is 79.0 Å². The molecule has 1 heterocycles. The molecular weight excluding hydrogens is 743 g/mol. The number of esters is 1. The molecule has 3 aromatic carbocycles. The Balaban J connectivity index is 1.68. The van der Waals surface area contributed by atoms with Crippen LogP contribution in [0.3, 0.4) is 0 Å². The molecule has 0 bridgehead atoms. The van der Waals surface area contributed by atoms with Crippen LogP contribution in [0.25, 0.3) is 16.7 Å². The van der Waals surface area contributed by atoms with Crippen molar-refractivity contribution in [3.05, 3.63) is 89.5 Å². The van der Waals surface area contributed by atoms with E-state index in [1.165, 1.54) is 7.11 Å². The number of carbonyl (C=O) groups is 4. The first-order valence-electron chi connectivity index (χ1n) is 19.4. The van der Waals surface area contributed by atoms with Gasteiger partial charge in [-0.25, -0.2) is 14.4 Å². The lowest BCUT2D eigenvalue weighted by molar-refractivity contribution is -0.143. The minimum Gasteiger partial charge on any atom is -0.496 e. The third-order valence-electron chi connectivity index (χ3n) is 10.1. The highest BCUT2D eigenvalue weighted by Gasteiger charge is 2.45. The van der Waals surface area contributed by atoms with Crippen LogP contribution in [0.4, 0.5) is 15.3 Å². The highest BCUT2D eigenvalue weighted by Crippen LogP contribution is 2.44. The van der Waals surface area contributed by atoms with Crippen LogP contribution < -0.4 is 20.7 Å². The number of carbonyl (C=O) groups excluding carboxylic acids is 4. The minimum atomic E-state index is -2.35. The largest absolute Gasteiger partial charge is 0.496 e. The third kappa shape index (κ3) is 11.3. The Hall–Kier alpha value is -5.14. The number of hydrogen-bond donors (Lipinski definition) is 3. The maximum absolute atomic E-state index is 13.8. The molecule has 4 rings (SSSR count). The second kappa shape index (κ2) is 19.3. The number of rotatable bonds is 16. The Kier molecular flexibility index (Phi) is 15.1. The zero-order valence-corrected chi connectivity index (χ0v) is 36.1. The molecule has 0 unspecified atom stereocenters. The van der Waals surface area contributed by atoms with Gasteiger partial charge in [0.1, 0.15) is 24.0 Å². The van der Waals surface area contributed by atoms with E-state index in [4.69, 9.17) is 23.4 Å². The number of nitrogens with one attached hydrogen (secondary N) is 3. The lowest BCUT2D eigenvalue weighted by Crippen LogP contribution is -2.51. The average Bonchev–Trinajstić information content (AvgIpc) is 3.46. The molecule has 0 radical (unpaired) electrons. The van der Waals surface area contributed by atoms with E-state index < -0.39 is 44.2 Å². The first kappa shape index (κ1) is 44.6. The zero-order chi connectivity index (χ0) is 42.1. The van der Waals surface area contributed by atoms with Crippen LogP contribution in [0.2, 0.25) is 16.6 Å². The summed E-state index contributed by atoms with van der Waals surface area (Å²) in [5, 5.41) is 8.63. The number of fused-ring (bicyclic) bond motifs is 1. The van der Waals surface area contributed by atoms with Gasteiger partial charge in [-0.2, -0.15) is 0 Å². The number of alkyl carbamates (subject to hydrolysis) is 2. The number of hydrogen-bond acceptors (Lipinski definition) is 9. The Labute approximate surface area is 338 Å². The fraction of sp³-hybridized carbons (Fsp3) is 0.455. The van der Waals surface area contributed by atoms with E-state index >= 15 is 0 Å². The predicted octanol–water partition coefficient (Wildman–Crippen LogP) is 8.79. The minimum absolute atomic E-state index is 0.0374. The Morgan fingerprint density at radius 3 is 2.04 bits per heavy atom. The van der Waals surface area contributed by atoms with Gasteiger partial charge in [-0.05, 0) is 66.7 Å². The van der Waals surface area contributed by atoms with Gasteiger partial charge in [0.25, 0.3) is 5.91 Å². The maximum Gasteiger partial charge on any atom is 0.408 e. The maximum atomic E-state index is 13.8. The van der Waals surface area contributed by atoms with Gasteiger partial charge in [0.2, 0.25) is 0 Å². The van der Waals surface area contributed by atoms with E-state index in [0.717, 1.165) is 5.56 Å². The van der Waals surface area contributed by atoms with Crippen molar-refractivity contribution in [3.63, 3.8) is 0 Å². The number of amides is 3. The molecule has 0 aliphatic carbocycles. The average molecular weight is 802 g/mol. The van der Waals surface area contributed by atoms with Crippen molar-refractivity contribution in [2.75, 3.05) is 26.1 Å². The Morgan fingerprint density at radius 1 is 0.789 bits per heavy atom. The van der Waals surface area contributed by atoms with E-state index in [0.29, 0.717) is 55.9 Å². The van der Waals surface area contributed by atoms with E-state index in [-0.39, 0.29) is 25.5 Å². The Bertz CT molecular complexity index is 1900. The van der Waals surface area contributed by atoms with E-state index in [9.17, 15) is 19.2 Å². The molecule has 1 aliphatic heterocycles. The highest BCUT2D eigenvalue weighted by atomic mass is 28.4. The monoisotopic (exact) mass is 801 g/mol. The summed E-state index contributed by atoms with van der Waals surface area (Å²) in [5.41, 5.74) is 4.58. The molecule has 0 aromatic heterocycles.